The summed E-state index contributed by atoms with van der Waals surface area (Å²) >= 11 is 0. The molecule has 0 aliphatic rings. The number of ether oxygens (including phenoxy) is 2. The van der Waals surface area contributed by atoms with E-state index in [0.29, 0.717) is 19.5 Å². The number of hydrogen-bond acceptors (Lipinski definition) is 5. The molecule has 132 valence electrons. The molecule has 22 heavy (non-hydrogen) atoms. The minimum atomic E-state index is -0.226. The van der Waals surface area contributed by atoms with Crippen molar-refractivity contribution in [2.24, 2.45) is 4.99 Å². The summed E-state index contributed by atoms with van der Waals surface area (Å²) in [6.07, 6.45) is 1.35. The largest absolute Gasteiger partial charge is 0.469 e. The van der Waals surface area contributed by atoms with Crippen molar-refractivity contribution >= 4 is 35.9 Å². The Labute approximate surface area is 151 Å². The molecule has 0 aromatic heterocycles. The van der Waals surface area contributed by atoms with Crippen LogP contribution in [-0.2, 0) is 14.3 Å². The Bertz CT molecular complexity index is 304. The summed E-state index contributed by atoms with van der Waals surface area (Å²) in [4.78, 5) is 17.7. The second kappa shape index (κ2) is 16.8. The van der Waals surface area contributed by atoms with Gasteiger partial charge in [0, 0.05) is 39.9 Å². The molecule has 0 bridgehead atoms. The number of carbonyl (C=O) groups is 1. The number of aliphatic imine (C=N–C) groups is 1. The molecule has 0 amide bonds. The molecule has 0 rings (SSSR count). The monoisotopic (exact) mass is 430 g/mol. The lowest BCUT2D eigenvalue weighted by Crippen LogP contribution is -2.39. The van der Waals surface area contributed by atoms with Crippen LogP contribution in [0.5, 0.6) is 0 Å². The first-order valence-corrected chi connectivity index (χ1v) is 7.40. The van der Waals surface area contributed by atoms with Gasteiger partial charge in [-0.1, -0.05) is 0 Å². The van der Waals surface area contributed by atoms with Gasteiger partial charge in [-0.2, -0.15) is 0 Å². The molecule has 0 aliphatic carbocycles. The van der Waals surface area contributed by atoms with E-state index >= 15 is 0 Å². The zero-order valence-electron chi connectivity index (χ0n) is 14.2. The fraction of sp³-hybridized carbons (Fsp3) is 0.857. The molecular weight excluding hydrogens is 399 g/mol. The highest BCUT2D eigenvalue weighted by atomic mass is 127. The van der Waals surface area contributed by atoms with Gasteiger partial charge in [0.05, 0.1) is 20.1 Å². The third kappa shape index (κ3) is 14.3. The van der Waals surface area contributed by atoms with Crippen LogP contribution >= 0.6 is 24.0 Å². The van der Waals surface area contributed by atoms with E-state index in [9.17, 15) is 4.79 Å². The molecule has 2 N–H and O–H groups in total. The Kier molecular flexibility index (Phi) is 18.0. The first-order valence-electron chi connectivity index (χ1n) is 7.40. The molecule has 0 unspecified atom stereocenters. The number of halogens is 1. The quantitative estimate of drug-likeness (QED) is 0.165. The van der Waals surface area contributed by atoms with Crippen LogP contribution < -0.4 is 10.6 Å². The van der Waals surface area contributed by atoms with Gasteiger partial charge in [0.25, 0.3) is 0 Å². The van der Waals surface area contributed by atoms with E-state index in [4.69, 9.17) is 4.74 Å². The van der Waals surface area contributed by atoms with E-state index in [2.05, 4.69) is 32.3 Å². The maximum Gasteiger partial charge on any atom is 0.307 e. The number of likely N-dealkylation sites (N-methyl/N-ethyl adjacent to an activating group) is 1. The summed E-state index contributed by atoms with van der Waals surface area (Å²) in [5.74, 6) is 0.503. The predicted molar refractivity (Wildman–Crippen MR) is 100 cm³/mol. The number of hydrogen-bond donors (Lipinski definition) is 2. The van der Waals surface area contributed by atoms with E-state index in [0.717, 1.165) is 38.6 Å². The lowest BCUT2D eigenvalue weighted by molar-refractivity contribution is -0.140. The van der Waals surface area contributed by atoms with Gasteiger partial charge in [-0.3, -0.25) is 9.79 Å². The van der Waals surface area contributed by atoms with Gasteiger partial charge in [0.15, 0.2) is 5.96 Å². The highest BCUT2D eigenvalue weighted by Gasteiger charge is 2.02. The van der Waals surface area contributed by atoms with Crippen LogP contribution in [-0.4, -0.2) is 77.4 Å². The van der Waals surface area contributed by atoms with Crippen molar-refractivity contribution in [3.05, 3.63) is 0 Å². The molecule has 0 saturated carbocycles. The molecule has 7 nitrogen and oxygen atoms in total. The normalized spacial score (nSPS) is 11.0. The molecule has 0 fully saturated rings. The van der Waals surface area contributed by atoms with Crippen molar-refractivity contribution in [3.8, 4) is 0 Å². The predicted octanol–water partition coefficient (Wildman–Crippen LogP) is 0.691. The van der Waals surface area contributed by atoms with Gasteiger partial charge in [-0.25, -0.2) is 0 Å². The second-order valence-electron chi connectivity index (χ2n) is 4.66. The SMILES string of the molecule is CCNC(=NCCN(C)CCCOC)NCCC(=O)OC.I. The zero-order valence-corrected chi connectivity index (χ0v) is 16.5. The highest BCUT2D eigenvalue weighted by molar-refractivity contribution is 14.0. The first kappa shape index (κ1) is 23.7. The molecule has 0 heterocycles. The lowest BCUT2D eigenvalue weighted by Gasteiger charge is -2.16. The standard InChI is InChI=1S/C14H30N4O3.HI/c1-5-15-14(16-8-7-13(19)21-4)17-9-11-18(2)10-6-12-20-3;/h5-12H2,1-4H3,(H2,15,16,17);1H. The summed E-state index contributed by atoms with van der Waals surface area (Å²) in [5, 5.41) is 6.26. The van der Waals surface area contributed by atoms with Crippen LogP contribution in [0.1, 0.15) is 19.8 Å². The summed E-state index contributed by atoms with van der Waals surface area (Å²) in [6, 6.07) is 0. The molecule has 8 heteroatoms. The average molecular weight is 430 g/mol. The van der Waals surface area contributed by atoms with Crippen LogP contribution in [0.2, 0.25) is 0 Å². The van der Waals surface area contributed by atoms with Crippen LogP contribution in [0.4, 0.5) is 0 Å². The van der Waals surface area contributed by atoms with E-state index in [1.165, 1.54) is 7.11 Å². The molecular formula is C14H31IN4O3. The van der Waals surface area contributed by atoms with E-state index in [1.54, 1.807) is 7.11 Å². The minimum absolute atomic E-state index is 0. The molecule has 0 saturated heterocycles. The average Bonchev–Trinajstić information content (AvgIpc) is 2.47. The summed E-state index contributed by atoms with van der Waals surface area (Å²) in [5.41, 5.74) is 0. The smallest absolute Gasteiger partial charge is 0.307 e. The van der Waals surface area contributed by atoms with Crippen molar-refractivity contribution < 1.29 is 14.3 Å². The number of nitrogens with zero attached hydrogens (tertiary/aromatic N) is 2. The third-order valence-corrected chi connectivity index (χ3v) is 2.83. The minimum Gasteiger partial charge on any atom is -0.469 e. The number of guanidine groups is 1. The van der Waals surface area contributed by atoms with Crippen LogP contribution in [0.3, 0.4) is 0 Å². The van der Waals surface area contributed by atoms with E-state index in [1.807, 2.05) is 6.92 Å². The van der Waals surface area contributed by atoms with Crippen LogP contribution in [0.25, 0.3) is 0 Å². The fourth-order valence-corrected chi connectivity index (χ4v) is 1.65. The number of rotatable bonds is 11. The highest BCUT2D eigenvalue weighted by Crippen LogP contribution is 1.88. The molecule has 0 aliphatic heterocycles. The Hall–Kier alpha value is -0.610. The van der Waals surface area contributed by atoms with Crippen molar-refractivity contribution in [2.75, 3.05) is 60.6 Å². The first-order chi connectivity index (χ1) is 10.1. The maximum absolute atomic E-state index is 11.0. The second-order valence-corrected chi connectivity index (χ2v) is 4.66. The molecule has 0 aromatic carbocycles. The van der Waals surface area contributed by atoms with Gasteiger partial charge in [0.2, 0.25) is 0 Å². The van der Waals surface area contributed by atoms with Crippen molar-refractivity contribution in [1.29, 1.82) is 0 Å². The lowest BCUT2D eigenvalue weighted by atomic mass is 10.4. The van der Waals surface area contributed by atoms with Gasteiger partial charge in [0.1, 0.15) is 0 Å². The van der Waals surface area contributed by atoms with Crippen molar-refractivity contribution in [3.63, 3.8) is 0 Å². The van der Waals surface area contributed by atoms with Gasteiger partial charge >= 0.3 is 5.97 Å². The molecule has 0 aromatic rings. The van der Waals surface area contributed by atoms with Crippen LogP contribution in [0, 0.1) is 0 Å². The zero-order chi connectivity index (χ0) is 15.9. The number of carbonyl (C=O) groups excluding carboxylic acids is 1. The molecule has 0 spiro atoms. The summed E-state index contributed by atoms with van der Waals surface area (Å²) < 4.78 is 9.62. The number of esters is 1. The number of methoxy groups -OCH3 is 2. The van der Waals surface area contributed by atoms with Gasteiger partial charge < -0.3 is 25.0 Å². The van der Waals surface area contributed by atoms with Crippen LogP contribution in [0.15, 0.2) is 4.99 Å². The third-order valence-electron chi connectivity index (χ3n) is 2.83. The van der Waals surface area contributed by atoms with Crippen molar-refractivity contribution in [2.45, 2.75) is 19.8 Å². The van der Waals surface area contributed by atoms with Gasteiger partial charge in [-0.05, 0) is 20.4 Å². The Morgan fingerprint density at radius 1 is 1.23 bits per heavy atom. The molecule has 0 atom stereocenters. The summed E-state index contributed by atoms with van der Waals surface area (Å²) in [7, 11) is 5.18. The fourth-order valence-electron chi connectivity index (χ4n) is 1.65. The molecule has 0 radical (unpaired) electrons. The Morgan fingerprint density at radius 2 is 1.95 bits per heavy atom. The Balaban J connectivity index is 0. The Morgan fingerprint density at radius 3 is 2.55 bits per heavy atom. The van der Waals surface area contributed by atoms with Gasteiger partial charge in [-0.15, -0.1) is 24.0 Å². The van der Waals surface area contributed by atoms with Crippen molar-refractivity contribution in [1.82, 2.24) is 15.5 Å². The number of nitrogens with one attached hydrogen (secondary N) is 2. The maximum atomic E-state index is 11.0. The van der Waals surface area contributed by atoms with E-state index < -0.39 is 0 Å². The van der Waals surface area contributed by atoms with E-state index in [-0.39, 0.29) is 29.9 Å². The topological polar surface area (TPSA) is 75.2 Å². The summed E-state index contributed by atoms with van der Waals surface area (Å²) in [6.45, 7) is 6.68.